The molecule has 2 amide bonds. The molecule has 130 valence electrons. The van der Waals surface area contributed by atoms with Gasteiger partial charge in [0.05, 0.1) is 19.7 Å². The maximum absolute atomic E-state index is 11.7. The van der Waals surface area contributed by atoms with Crippen LogP contribution in [-0.4, -0.2) is 43.5 Å². The van der Waals surface area contributed by atoms with Crippen LogP contribution in [0.4, 0.5) is 0 Å². The van der Waals surface area contributed by atoms with Crippen molar-refractivity contribution in [1.29, 1.82) is 0 Å². The Morgan fingerprint density at radius 1 is 1.26 bits per heavy atom. The van der Waals surface area contributed by atoms with Crippen LogP contribution in [0.2, 0.25) is 0 Å². The van der Waals surface area contributed by atoms with Crippen molar-refractivity contribution in [3.05, 3.63) is 29.8 Å². The highest BCUT2D eigenvalue weighted by molar-refractivity contribution is 7.98. The molecular weight excluding hydrogens is 338 g/mol. The van der Waals surface area contributed by atoms with Gasteiger partial charge in [-0.1, -0.05) is 12.1 Å². The molecule has 0 fully saturated rings. The van der Waals surface area contributed by atoms with E-state index in [0.717, 1.165) is 17.1 Å². The average molecular weight is 362 g/mol. The first kappa shape index (κ1) is 21.6. The number of methoxy groups -OCH3 is 1. The number of carbonyl (C=O) groups is 2. The van der Waals surface area contributed by atoms with Crippen LogP contribution in [0, 0.1) is 0 Å². The predicted molar refractivity (Wildman–Crippen MR) is 96.1 cm³/mol. The third kappa shape index (κ3) is 8.68. The van der Waals surface area contributed by atoms with Crippen molar-refractivity contribution in [3.63, 3.8) is 0 Å². The molecule has 0 saturated carbocycles. The van der Waals surface area contributed by atoms with E-state index >= 15 is 0 Å². The van der Waals surface area contributed by atoms with Gasteiger partial charge in [0.15, 0.2) is 0 Å². The standard InChI is InChI=1S/C15H23N3O3S.ClH/c1-21-12-5-3-11(4-6-12)9-17-14(19)10-18-15(20)13(16)7-8-22-2;/h3-6,13H,7-10,16H2,1-2H3,(H,17,19)(H,18,20);1H/t13-;/m0./s1. The fourth-order valence-corrected chi connectivity index (χ4v) is 2.17. The highest BCUT2D eigenvalue weighted by Gasteiger charge is 2.13. The van der Waals surface area contributed by atoms with Gasteiger partial charge in [-0.25, -0.2) is 0 Å². The lowest BCUT2D eigenvalue weighted by molar-refractivity contribution is -0.126. The minimum atomic E-state index is -0.568. The van der Waals surface area contributed by atoms with E-state index in [0.29, 0.717) is 13.0 Å². The molecule has 8 heteroatoms. The summed E-state index contributed by atoms with van der Waals surface area (Å²) < 4.78 is 5.06. The van der Waals surface area contributed by atoms with Gasteiger partial charge in [-0.15, -0.1) is 12.4 Å². The van der Waals surface area contributed by atoms with Crippen LogP contribution in [0.3, 0.4) is 0 Å². The second-order valence-electron chi connectivity index (χ2n) is 4.73. The summed E-state index contributed by atoms with van der Waals surface area (Å²) in [6, 6.07) is 6.83. The van der Waals surface area contributed by atoms with Crippen molar-refractivity contribution in [2.24, 2.45) is 5.73 Å². The number of ether oxygens (including phenoxy) is 1. The zero-order valence-electron chi connectivity index (χ0n) is 13.3. The number of amides is 2. The second-order valence-corrected chi connectivity index (χ2v) is 5.72. The molecular formula is C15H24ClN3O3S. The second kappa shape index (κ2) is 12.0. The van der Waals surface area contributed by atoms with Crippen molar-refractivity contribution >= 4 is 36.0 Å². The first-order valence-corrected chi connectivity index (χ1v) is 8.38. The Morgan fingerprint density at radius 3 is 2.48 bits per heavy atom. The van der Waals surface area contributed by atoms with Gasteiger partial charge >= 0.3 is 0 Å². The summed E-state index contributed by atoms with van der Waals surface area (Å²) >= 11 is 1.63. The minimum Gasteiger partial charge on any atom is -0.497 e. The molecule has 1 aromatic rings. The Morgan fingerprint density at radius 2 is 1.91 bits per heavy atom. The fourth-order valence-electron chi connectivity index (χ4n) is 1.68. The van der Waals surface area contributed by atoms with Gasteiger partial charge in [0.1, 0.15) is 5.75 Å². The molecule has 0 aromatic heterocycles. The molecule has 0 heterocycles. The van der Waals surface area contributed by atoms with E-state index in [4.69, 9.17) is 10.5 Å². The van der Waals surface area contributed by atoms with Crippen LogP contribution in [-0.2, 0) is 16.1 Å². The van der Waals surface area contributed by atoms with Gasteiger partial charge < -0.3 is 21.1 Å². The van der Waals surface area contributed by atoms with E-state index in [-0.39, 0.29) is 30.8 Å². The number of halogens is 1. The minimum absolute atomic E-state index is 0. The Labute approximate surface area is 147 Å². The topological polar surface area (TPSA) is 93.5 Å². The summed E-state index contributed by atoms with van der Waals surface area (Å²) in [5.74, 6) is 1.04. The maximum Gasteiger partial charge on any atom is 0.239 e. The first-order valence-electron chi connectivity index (χ1n) is 6.98. The molecule has 0 aliphatic heterocycles. The summed E-state index contributed by atoms with van der Waals surface area (Å²) in [6.45, 7) is 0.333. The van der Waals surface area contributed by atoms with Gasteiger partial charge in [0.25, 0.3) is 0 Å². The van der Waals surface area contributed by atoms with E-state index in [1.54, 1.807) is 18.9 Å². The Kier molecular flexibility index (Phi) is 11.3. The van der Waals surface area contributed by atoms with Gasteiger partial charge in [0, 0.05) is 6.54 Å². The van der Waals surface area contributed by atoms with E-state index < -0.39 is 6.04 Å². The first-order chi connectivity index (χ1) is 10.6. The molecule has 0 bridgehead atoms. The van der Waals surface area contributed by atoms with E-state index in [1.165, 1.54) is 0 Å². The van der Waals surface area contributed by atoms with Crippen molar-refractivity contribution in [3.8, 4) is 5.75 Å². The Balaban J connectivity index is 0.00000484. The molecule has 4 N–H and O–H groups in total. The lowest BCUT2D eigenvalue weighted by Crippen LogP contribution is -2.45. The summed E-state index contributed by atoms with van der Waals surface area (Å²) in [5.41, 5.74) is 6.67. The van der Waals surface area contributed by atoms with Crippen molar-refractivity contribution in [2.75, 3.05) is 25.7 Å². The van der Waals surface area contributed by atoms with Crippen LogP contribution >= 0.6 is 24.2 Å². The maximum atomic E-state index is 11.7. The third-order valence-corrected chi connectivity index (χ3v) is 3.69. The molecule has 6 nitrogen and oxygen atoms in total. The number of nitrogens with two attached hydrogens (primary N) is 1. The van der Waals surface area contributed by atoms with Crippen LogP contribution in [0.15, 0.2) is 24.3 Å². The summed E-state index contributed by atoms with van der Waals surface area (Å²) in [7, 11) is 1.60. The van der Waals surface area contributed by atoms with Crippen LogP contribution in [0.5, 0.6) is 5.75 Å². The van der Waals surface area contributed by atoms with Crippen molar-refractivity contribution in [2.45, 2.75) is 19.0 Å². The number of hydrogen-bond acceptors (Lipinski definition) is 5. The average Bonchev–Trinajstić information content (AvgIpc) is 2.55. The van der Waals surface area contributed by atoms with Crippen molar-refractivity contribution in [1.82, 2.24) is 10.6 Å². The number of thioether (sulfide) groups is 1. The molecule has 0 spiro atoms. The number of nitrogens with one attached hydrogen (secondary N) is 2. The summed E-state index contributed by atoms with van der Waals surface area (Å²) in [6.07, 6.45) is 2.55. The van der Waals surface area contributed by atoms with Gasteiger partial charge in [-0.05, 0) is 36.1 Å². The smallest absolute Gasteiger partial charge is 0.239 e. The van der Waals surface area contributed by atoms with Gasteiger partial charge in [-0.3, -0.25) is 9.59 Å². The van der Waals surface area contributed by atoms with E-state index in [1.807, 2.05) is 30.5 Å². The quantitative estimate of drug-likeness (QED) is 0.608. The highest BCUT2D eigenvalue weighted by Crippen LogP contribution is 2.10. The van der Waals surface area contributed by atoms with Crippen LogP contribution < -0.4 is 21.1 Å². The Hall–Kier alpha value is -1.44. The zero-order valence-corrected chi connectivity index (χ0v) is 15.0. The fraction of sp³-hybridized carbons (Fsp3) is 0.467. The molecule has 1 rings (SSSR count). The molecule has 0 radical (unpaired) electrons. The molecule has 1 atom stereocenters. The van der Waals surface area contributed by atoms with Crippen LogP contribution in [0.25, 0.3) is 0 Å². The predicted octanol–water partition coefficient (Wildman–Crippen LogP) is 0.930. The SMILES string of the molecule is COc1ccc(CNC(=O)CNC(=O)[C@@H](N)CCSC)cc1.Cl. The normalized spacial score (nSPS) is 11.1. The lowest BCUT2D eigenvalue weighted by Gasteiger charge is -2.11. The number of rotatable bonds is 9. The lowest BCUT2D eigenvalue weighted by atomic mass is 10.2. The van der Waals surface area contributed by atoms with E-state index in [2.05, 4.69) is 10.6 Å². The Bertz CT molecular complexity index is 485. The van der Waals surface area contributed by atoms with Gasteiger partial charge in [-0.2, -0.15) is 11.8 Å². The molecule has 0 aliphatic carbocycles. The molecule has 1 aromatic carbocycles. The van der Waals surface area contributed by atoms with Gasteiger partial charge in [0.2, 0.25) is 11.8 Å². The van der Waals surface area contributed by atoms with Crippen LogP contribution in [0.1, 0.15) is 12.0 Å². The van der Waals surface area contributed by atoms with Crippen molar-refractivity contribution < 1.29 is 14.3 Å². The highest BCUT2D eigenvalue weighted by atomic mass is 35.5. The van der Waals surface area contributed by atoms with E-state index in [9.17, 15) is 9.59 Å². The zero-order chi connectivity index (χ0) is 16.4. The molecule has 0 aliphatic rings. The molecule has 0 unspecified atom stereocenters. The number of hydrogen-bond donors (Lipinski definition) is 3. The largest absolute Gasteiger partial charge is 0.497 e. The third-order valence-electron chi connectivity index (χ3n) is 3.04. The molecule has 0 saturated heterocycles. The molecule has 23 heavy (non-hydrogen) atoms. The summed E-state index contributed by atoms with van der Waals surface area (Å²) in [5, 5.41) is 5.27. The monoisotopic (exact) mass is 361 g/mol. The number of carbonyl (C=O) groups excluding carboxylic acids is 2. The number of benzene rings is 1. The summed E-state index contributed by atoms with van der Waals surface area (Å²) in [4.78, 5) is 23.3.